The maximum Gasteiger partial charge on any atom is 0.339 e. The molecule has 2 N–H and O–H groups in total. The minimum absolute atomic E-state index is 0.0667. The minimum Gasteiger partial charge on any atom is -0.480 e. The van der Waals surface area contributed by atoms with E-state index in [2.05, 4.69) is 5.32 Å². The number of benzene rings is 3. The lowest BCUT2D eigenvalue weighted by Gasteiger charge is -2.15. The molecular formula is C32H28ClNO6. The average Bonchev–Trinajstić information content (AvgIpc) is 3.26. The highest BCUT2D eigenvalue weighted by Crippen LogP contribution is 2.39. The first kappa shape index (κ1) is 27.2. The highest BCUT2D eigenvalue weighted by molar-refractivity contribution is 6.30. The molecule has 0 aliphatic carbocycles. The van der Waals surface area contributed by atoms with Crippen molar-refractivity contribution >= 4 is 45.4 Å². The second-order valence-corrected chi connectivity index (χ2v) is 10.4. The molecule has 0 fully saturated rings. The molecule has 2 aromatic heterocycles. The van der Waals surface area contributed by atoms with Gasteiger partial charge < -0.3 is 19.3 Å². The number of carbonyl (C=O) groups is 2. The van der Waals surface area contributed by atoms with Gasteiger partial charge in [0, 0.05) is 45.3 Å². The topological polar surface area (TPSA) is 110 Å². The average molecular weight is 558 g/mol. The zero-order chi connectivity index (χ0) is 28.6. The number of aliphatic carboxylic acids is 1. The van der Waals surface area contributed by atoms with Crippen molar-refractivity contribution in [2.24, 2.45) is 0 Å². The second kappa shape index (κ2) is 11.0. The number of nitrogens with one attached hydrogen (secondary N) is 1. The van der Waals surface area contributed by atoms with Crippen molar-refractivity contribution in [1.82, 2.24) is 5.32 Å². The van der Waals surface area contributed by atoms with Gasteiger partial charge in [-0.1, -0.05) is 54.1 Å². The van der Waals surface area contributed by atoms with Gasteiger partial charge in [-0.2, -0.15) is 0 Å². The quantitative estimate of drug-likeness (QED) is 0.210. The smallest absolute Gasteiger partial charge is 0.339 e. The molecule has 0 radical (unpaired) electrons. The predicted octanol–water partition coefficient (Wildman–Crippen LogP) is 6.53. The van der Waals surface area contributed by atoms with E-state index in [9.17, 15) is 19.5 Å². The van der Waals surface area contributed by atoms with Gasteiger partial charge >= 0.3 is 11.6 Å². The van der Waals surface area contributed by atoms with E-state index in [1.54, 1.807) is 24.3 Å². The van der Waals surface area contributed by atoms with Crippen LogP contribution >= 0.6 is 11.6 Å². The van der Waals surface area contributed by atoms with Gasteiger partial charge in [0.05, 0.1) is 0 Å². The third kappa shape index (κ3) is 5.25. The van der Waals surface area contributed by atoms with Gasteiger partial charge in [0.25, 0.3) is 0 Å². The van der Waals surface area contributed by atoms with Crippen LogP contribution in [0.1, 0.15) is 34.4 Å². The van der Waals surface area contributed by atoms with Gasteiger partial charge in [0.1, 0.15) is 23.0 Å². The highest BCUT2D eigenvalue weighted by atomic mass is 35.5. The highest BCUT2D eigenvalue weighted by Gasteiger charge is 2.23. The molecule has 5 aromatic rings. The normalized spacial score (nSPS) is 12.1. The number of carboxylic acid groups (broad SMARTS) is 1. The Morgan fingerprint density at radius 1 is 0.925 bits per heavy atom. The van der Waals surface area contributed by atoms with Crippen LogP contribution in [-0.2, 0) is 22.4 Å². The molecule has 5 rings (SSSR count). The van der Waals surface area contributed by atoms with E-state index in [0.717, 1.165) is 44.3 Å². The summed E-state index contributed by atoms with van der Waals surface area (Å²) in [5.41, 5.74) is 5.16. The van der Waals surface area contributed by atoms with Crippen LogP contribution in [0.15, 0.2) is 74.3 Å². The fraction of sp³-hybridized carbons (Fsp3) is 0.219. The van der Waals surface area contributed by atoms with Crippen LogP contribution in [0, 0.1) is 20.8 Å². The fourth-order valence-electron chi connectivity index (χ4n) is 5.19. The molecule has 40 heavy (non-hydrogen) atoms. The molecule has 0 aliphatic heterocycles. The number of fused-ring (bicyclic) bond motifs is 2. The number of furan rings is 1. The number of amides is 1. The van der Waals surface area contributed by atoms with E-state index in [1.807, 2.05) is 57.2 Å². The van der Waals surface area contributed by atoms with Crippen LogP contribution in [0.2, 0.25) is 5.02 Å². The summed E-state index contributed by atoms with van der Waals surface area (Å²) in [6.45, 7) is 5.62. The van der Waals surface area contributed by atoms with Crippen molar-refractivity contribution < 1.29 is 23.5 Å². The Balaban J connectivity index is 1.43. The largest absolute Gasteiger partial charge is 0.480 e. The molecule has 1 unspecified atom stereocenters. The Labute approximate surface area is 235 Å². The van der Waals surface area contributed by atoms with E-state index in [0.29, 0.717) is 21.8 Å². The SMILES string of the molecule is Cc1oc2c(C)c3oc(=O)c(CCC(=O)NC(Cc4ccc(Cl)cc4)C(=O)O)c(C)c3cc2c1-c1ccccc1. The standard InChI is InChI=1S/C32H28ClNO6/c1-17-23(13-14-27(35)34-26(31(36)37)15-20-9-11-22(33)12-10-20)32(38)40-29-18(2)30-25(16-24(17)29)28(19(3)39-30)21-7-5-4-6-8-21/h4-12,16,26H,13-15H2,1-3H3,(H,34,35)(H,36,37). The monoisotopic (exact) mass is 557 g/mol. The molecule has 204 valence electrons. The van der Waals surface area contributed by atoms with Crippen LogP contribution in [0.25, 0.3) is 33.1 Å². The van der Waals surface area contributed by atoms with E-state index in [1.165, 1.54) is 0 Å². The van der Waals surface area contributed by atoms with Crippen LogP contribution in [0.4, 0.5) is 0 Å². The molecule has 1 amide bonds. The zero-order valence-electron chi connectivity index (χ0n) is 22.3. The first-order chi connectivity index (χ1) is 19.1. The summed E-state index contributed by atoms with van der Waals surface area (Å²) >= 11 is 5.91. The van der Waals surface area contributed by atoms with E-state index in [4.69, 9.17) is 20.4 Å². The van der Waals surface area contributed by atoms with E-state index >= 15 is 0 Å². The van der Waals surface area contributed by atoms with Crippen molar-refractivity contribution in [2.75, 3.05) is 0 Å². The minimum atomic E-state index is -1.14. The molecular weight excluding hydrogens is 530 g/mol. The summed E-state index contributed by atoms with van der Waals surface area (Å²) in [5.74, 6) is -0.847. The lowest BCUT2D eigenvalue weighted by Crippen LogP contribution is -2.42. The van der Waals surface area contributed by atoms with Gasteiger partial charge in [0.15, 0.2) is 0 Å². The van der Waals surface area contributed by atoms with Crippen molar-refractivity contribution in [3.05, 3.63) is 104 Å². The van der Waals surface area contributed by atoms with Gasteiger partial charge in [-0.15, -0.1) is 0 Å². The summed E-state index contributed by atoms with van der Waals surface area (Å²) in [6.07, 6.45) is 0.150. The summed E-state index contributed by atoms with van der Waals surface area (Å²) in [7, 11) is 0. The molecule has 1 atom stereocenters. The lowest BCUT2D eigenvalue weighted by atomic mass is 9.96. The third-order valence-corrected chi connectivity index (χ3v) is 7.54. The van der Waals surface area contributed by atoms with Crippen LogP contribution in [0.5, 0.6) is 0 Å². The summed E-state index contributed by atoms with van der Waals surface area (Å²) in [6, 6.07) is 17.6. The molecule has 0 saturated heterocycles. The number of hydrogen-bond donors (Lipinski definition) is 2. The molecule has 2 heterocycles. The van der Waals surface area contributed by atoms with Crippen molar-refractivity contribution in [2.45, 2.75) is 46.1 Å². The molecule has 0 bridgehead atoms. The van der Waals surface area contributed by atoms with E-state index < -0.39 is 23.5 Å². The van der Waals surface area contributed by atoms with Crippen molar-refractivity contribution in [3.8, 4) is 11.1 Å². The van der Waals surface area contributed by atoms with Crippen LogP contribution < -0.4 is 10.9 Å². The Kier molecular flexibility index (Phi) is 7.50. The summed E-state index contributed by atoms with van der Waals surface area (Å²) in [4.78, 5) is 37.6. The first-order valence-corrected chi connectivity index (χ1v) is 13.3. The molecule has 0 spiro atoms. The lowest BCUT2D eigenvalue weighted by molar-refractivity contribution is -0.141. The van der Waals surface area contributed by atoms with Gasteiger partial charge in [-0.05, 0) is 62.1 Å². The molecule has 0 aliphatic rings. The van der Waals surface area contributed by atoms with Crippen molar-refractivity contribution in [3.63, 3.8) is 0 Å². The summed E-state index contributed by atoms with van der Waals surface area (Å²) in [5, 5.41) is 14.4. The maximum atomic E-state index is 13.0. The molecule has 0 saturated carbocycles. The molecule has 3 aromatic carbocycles. The first-order valence-electron chi connectivity index (χ1n) is 12.9. The van der Waals surface area contributed by atoms with Crippen LogP contribution in [-0.4, -0.2) is 23.0 Å². The number of halogens is 1. The number of carboxylic acids is 1. The van der Waals surface area contributed by atoms with Gasteiger partial charge in [-0.3, -0.25) is 4.79 Å². The molecule has 8 heteroatoms. The number of aryl methyl sites for hydroxylation is 3. The summed E-state index contributed by atoms with van der Waals surface area (Å²) < 4.78 is 11.9. The second-order valence-electron chi connectivity index (χ2n) is 9.94. The third-order valence-electron chi connectivity index (χ3n) is 7.28. The van der Waals surface area contributed by atoms with Gasteiger partial charge in [0.2, 0.25) is 5.91 Å². The van der Waals surface area contributed by atoms with Crippen LogP contribution in [0.3, 0.4) is 0 Å². The number of carbonyl (C=O) groups excluding carboxylic acids is 1. The Hall–Kier alpha value is -4.36. The molecule has 7 nitrogen and oxygen atoms in total. The fourth-order valence-corrected chi connectivity index (χ4v) is 5.31. The predicted molar refractivity (Wildman–Crippen MR) is 155 cm³/mol. The Bertz CT molecular complexity index is 1800. The van der Waals surface area contributed by atoms with Crippen molar-refractivity contribution in [1.29, 1.82) is 0 Å². The Morgan fingerprint density at radius 2 is 1.60 bits per heavy atom. The number of rotatable bonds is 8. The Morgan fingerprint density at radius 3 is 2.27 bits per heavy atom. The maximum absolute atomic E-state index is 13.0. The zero-order valence-corrected chi connectivity index (χ0v) is 23.1. The number of hydrogen-bond acceptors (Lipinski definition) is 5. The van der Waals surface area contributed by atoms with Gasteiger partial charge in [-0.25, -0.2) is 9.59 Å². The van der Waals surface area contributed by atoms with E-state index in [-0.39, 0.29) is 19.3 Å².